The van der Waals surface area contributed by atoms with Crippen molar-refractivity contribution < 1.29 is 19.4 Å². The van der Waals surface area contributed by atoms with Gasteiger partial charge in [0.25, 0.3) is 0 Å². The predicted molar refractivity (Wildman–Crippen MR) is 73.1 cm³/mol. The summed E-state index contributed by atoms with van der Waals surface area (Å²) >= 11 is 0. The maximum Gasteiger partial charge on any atom is 0.307 e. The minimum absolute atomic E-state index is 0.0258. The van der Waals surface area contributed by atoms with E-state index in [-0.39, 0.29) is 12.0 Å². The Bertz CT molecular complexity index is 407. The molecule has 0 aromatic heterocycles. The van der Waals surface area contributed by atoms with Gasteiger partial charge >= 0.3 is 5.97 Å². The van der Waals surface area contributed by atoms with Gasteiger partial charge in [-0.25, -0.2) is 0 Å². The van der Waals surface area contributed by atoms with E-state index in [4.69, 9.17) is 14.6 Å². The average Bonchev–Trinajstić information content (AvgIpc) is 2.28. The van der Waals surface area contributed by atoms with Crippen LogP contribution in [0.15, 0.2) is 24.3 Å². The standard InChI is InChI=1S/C15H22O4/c1-15(2,3)19-9-8-18-11-13-7-5-4-6-12(13)10-14(16)17/h4-7H,8-11H2,1-3H3,(H,16,17). The zero-order valence-electron chi connectivity index (χ0n) is 11.8. The minimum atomic E-state index is -0.830. The molecule has 0 radical (unpaired) electrons. The summed E-state index contributed by atoms with van der Waals surface area (Å²) in [4.78, 5) is 10.7. The van der Waals surface area contributed by atoms with Gasteiger partial charge in [0.1, 0.15) is 0 Å². The van der Waals surface area contributed by atoms with E-state index in [9.17, 15) is 4.79 Å². The second kappa shape index (κ2) is 7.26. The van der Waals surface area contributed by atoms with Crippen LogP contribution in [-0.2, 0) is 27.3 Å². The Morgan fingerprint density at radius 3 is 2.37 bits per heavy atom. The fourth-order valence-corrected chi connectivity index (χ4v) is 1.62. The van der Waals surface area contributed by atoms with Crippen LogP contribution in [0.5, 0.6) is 0 Å². The third-order valence-corrected chi connectivity index (χ3v) is 2.48. The first kappa shape index (κ1) is 15.7. The molecule has 19 heavy (non-hydrogen) atoms. The summed E-state index contributed by atoms with van der Waals surface area (Å²) < 4.78 is 11.1. The minimum Gasteiger partial charge on any atom is -0.481 e. The number of rotatable bonds is 7. The first-order valence-corrected chi connectivity index (χ1v) is 6.39. The molecule has 4 heteroatoms. The Morgan fingerprint density at radius 1 is 1.16 bits per heavy atom. The first-order chi connectivity index (χ1) is 8.88. The Balaban J connectivity index is 2.38. The summed E-state index contributed by atoms with van der Waals surface area (Å²) in [6, 6.07) is 7.43. The van der Waals surface area contributed by atoms with Crippen LogP contribution in [0.2, 0.25) is 0 Å². The van der Waals surface area contributed by atoms with Crippen molar-refractivity contribution in [3.8, 4) is 0 Å². The van der Waals surface area contributed by atoms with Crippen LogP contribution in [0, 0.1) is 0 Å². The molecular weight excluding hydrogens is 244 g/mol. The first-order valence-electron chi connectivity index (χ1n) is 6.39. The second-order valence-electron chi connectivity index (χ2n) is 5.35. The number of benzene rings is 1. The molecule has 106 valence electrons. The van der Waals surface area contributed by atoms with Gasteiger partial charge in [-0.15, -0.1) is 0 Å². The van der Waals surface area contributed by atoms with Crippen molar-refractivity contribution in [1.82, 2.24) is 0 Å². The summed E-state index contributed by atoms with van der Waals surface area (Å²) in [5.74, 6) is -0.830. The fourth-order valence-electron chi connectivity index (χ4n) is 1.62. The third kappa shape index (κ3) is 6.94. The van der Waals surface area contributed by atoms with Crippen molar-refractivity contribution in [3.63, 3.8) is 0 Å². The lowest BCUT2D eigenvalue weighted by Crippen LogP contribution is -2.21. The van der Waals surface area contributed by atoms with Gasteiger partial charge in [-0.2, -0.15) is 0 Å². The maximum atomic E-state index is 10.7. The van der Waals surface area contributed by atoms with Crippen LogP contribution in [0.25, 0.3) is 0 Å². The van der Waals surface area contributed by atoms with Crippen molar-refractivity contribution in [3.05, 3.63) is 35.4 Å². The molecule has 0 amide bonds. The van der Waals surface area contributed by atoms with Crippen LogP contribution in [0.1, 0.15) is 31.9 Å². The molecule has 0 saturated heterocycles. The fraction of sp³-hybridized carbons (Fsp3) is 0.533. The summed E-state index contributed by atoms with van der Waals surface area (Å²) in [5.41, 5.74) is 1.55. The molecule has 1 N–H and O–H groups in total. The highest BCUT2D eigenvalue weighted by molar-refractivity contribution is 5.70. The van der Waals surface area contributed by atoms with Gasteiger partial charge in [-0.05, 0) is 31.9 Å². The van der Waals surface area contributed by atoms with Crippen LogP contribution in [0.3, 0.4) is 0 Å². The van der Waals surface area contributed by atoms with Gasteiger partial charge in [0, 0.05) is 0 Å². The van der Waals surface area contributed by atoms with E-state index in [2.05, 4.69) is 0 Å². The summed E-state index contributed by atoms with van der Waals surface area (Å²) in [6.45, 7) is 7.43. The van der Waals surface area contributed by atoms with Crippen molar-refractivity contribution in [2.45, 2.75) is 39.4 Å². The summed E-state index contributed by atoms with van der Waals surface area (Å²) in [6.07, 6.45) is 0.0258. The predicted octanol–water partition coefficient (Wildman–Crippen LogP) is 2.65. The van der Waals surface area contributed by atoms with Crippen LogP contribution in [0.4, 0.5) is 0 Å². The van der Waals surface area contributed by atoms with Gasteiger partial charge in [-0.3, -0.25) is 4.79 Å². The van der Waals surface area contributed by atoms with Crippen molar-refractivity contribution >= 4 is 5.97 Å². The van der Waals surface area contributed by atoms with Gasteiger partial charge in [0.15, 0.2) is 0 Å². The van der Waals surface area contributed by atoms with Gasteiger partial charge < -0.3 is 14.6 Å². The van der Waals surface area contributed by atoms with Crippen molar-refractivity contribution in [2.75, 3.05) is 13.2 Å². The highest BCUT2D eigenvalue weighted by Gasteiger charge is 2.09. The number of ether oxygens (including phenoxy) is 2. The van der Waals surface area contributed by atoms with E-state index in [1.807, 2.05) is 45.0 Å². The molecule has 0 aliphatic carbocycles. The molecule has 0 fully saturated rings. The Labute approximate surface area is 114 Å². The normalized spacial score (nSPS) is 11.5. The largest absolute Gasteiger partial charge is 0.481 e. The number of carboxylic acids is 1. The van der Waals surface area contributed by atoms with E-state index >= 15 is 0 Å². The van der Waals surface area contributed by atoms with Crippen molar-refractivity contribution in [1.29, 1.82) is 0 Å². The Kier molecular flexibility index (Phi) is 5.99. The lowest BCUT2D eigenvalue weighted by molar-refractivity contribution is -0.136. The summed E-state index contributed by atoms with van der Waals surface area (Å²) in [5, 5.41) is 8.83. The SMILES string of the molecule is CC(C)(C)OCCOCc1ccccc1CC(=O)O. The number of hydrogen-bond acceptors (Lipinski definition) is 3. The highest BCUT2D eigenvalue weighted by Crippen LogP contribution is 2.11. The molecule has 1 aromatic carbocycles. The van der Waals surface area contributed by atoms with Crippen LogP contribution < -0.4 is 0 Å². The molecule has 1 aromatic rings. The molecule has 0 atom stereocenters. The topological polar surface area (TPSA) is 55.8 Å². The van der Waals surface area contributed by atoms with E-state index in [0.29, 0.717) is 19.8 Å². The number of hydrogen-bond donors (Lipinski definition) is 1. The molecular formula is C15H22O4. The van der Waals surface area contributed by atoms with Gasteiger partial charge in [-0.1, -0.05) is 24.3 Å². The molecule has 4 nitrogen and oxygen atoms in total. The lowest BCUT2D eigenvalue weighted by Gasteiger charge is -2.19. The van der Waals surface area contributed by atoms with E-state index in [1.54, 1.807) is 0 Å². The third-order valence-electron chi connectivity index (χ3n) is 2.48. The zero-order valence-corrected chi connectivity index (χ0v) is 11.8. The molecule has 0 saturated carbocycles. The molecule has 0 unspecified atom stereocenters. The highest BCUT2D eigenvalue weighted by atomic mass is 16.5. The Hall–Kier alpha value is -1.39. The van der Waals surface area contributed by atoms with Crippen molar-refractivity contribution in [2.24, 2.45) is 0 Å². The number of aliphatic carboxylic acids is 1. The molecule has 0 bridgehead atoms. The van der Waals surface area contributed by atoms with Gasteiger partial charge in [0.2, 0.25) is 0 Å². The maximum absolute atomic E-state index is 10.7. The molecule has 0 heterocycles. The molecule has 1 rings (SSSR count). The van der Waals surface area contributed by atoms with Crippen LogP contribution >= 0.6 is 0 Å². The number of carbonyl (C=O) groups is 1. The smallest absolute Gasteiger partial charge is 0.307 e. The summed E-state index contributed by atoms with van der Waals surface area (Å²) in [7, 11) is 0. The monoisotopic (exact) mass is 266 g/mol. The quantitative estimate of drug-likeness (QED) is 0.771. The van der Waals surface area contributed by atoms with Gasteiger partial charge in [0.05, 0.1) is 31.8 Å². The average molecular weight is 266 g/mol. The lowest BCUT2D eigenvalue weighted by atomic mass is 10.1. The Morgan fingerprint density at radius 2 is 1.79 bits per heavy atom. The molecule has 0 aliphatic heterocycles. The van der Waals surface area contributed by atoms with E-state index < -0.39 is 5.97 Å². The zero-order chi connectivity index (χ0) is 14.3. The van der Waals surface area contributed by atoms with E-state index in [1.165, 1.54) is 0 Å². The van der Waals surface area contributed by atoms with Crippen LogP contribution in [-0.4, -0.2) is 29.9 Å². The molecule has 0 aliphatic rings. The van der Waals surface area contributed by atoms with E-state index in [0.717, 1.165) is 11.1 Å². The second-order valence-corrected chi connectivity index (χ2v) is 5.35. The number of carboxylic acid groups (broad SMARTS) is 1. The molecule has 0 spiro atoms.